The van der Waals surface area contributed by atoms with Gasteiger partial charge in [0.1, 0.15) is 6.29 Å². The van der Waals surface area contributed by atoms with E-state index in [1.54, 1.807) is 0 Å². The Hall–Kier alpha value is -0.370. The number of carbonyl (C=O) groups excluding carboxylic acids is 1. The van der Waals surface area contributed by atoms with E-state index in [0.29, 0.717) is 0 Å². The fourth-order valence-corrected chi connectivity index (χ4v) is 7.76. The predicted octanol–water partition coefficient (Wildman–Crippen LogP) is 16.0. The average Bonchev–Trinajstić information content (AvgIpc) is 3.10. The van der Waals surface area contributed by atoms with Crippen LogP contribution < -0.4 is 0 Å². The van der Waals surface area contributed by atoms with E-state index < -0.39 is 0 Å². The highest BCUT2D eigenvalue weighted by molar-refractivity contribution is 5.48. The van der Waals surface area contributed by atoms with Gasteiger partial charge in [0.25, 0.3) is 0 Å². The van der Waals surface area contributed by atoms with Gasteiger partial charge in [-0.2, -0.15) is 0 Å². The quantitative estimate of drug-likeness (QED) is 0.0473. The number of rotatable bonds is 43. The van der Waals surface area contributed by atoms with Crippen molar-refractivity contribution >= 4 is 6.29 Å². The van der Waals surface area contributed by atoms with Crippen molar-refractivity contribution in [3.8, 4) is 0 Å². The van der Waals surface area contributed by atoms with Gasteiger partial charge >= 0.3 is 0 Å². The summed E-state index contributed by atoms with van der Waals surface area (Å²) in [4.78, 5) is 13.5. The van der Waals surface area contributed by atoms with Crippen LogP contribution in [-0.2, 0) is 4.79 Å². The molecule has 2 heteroatoms. The van der Waals surface area contributed by atoms with Crippen LogP contribution in [0.25, 0.3) is 0 Å². The Labute approximate surface area is 305 Å². The maximum Gasteiger partial charge on any atom is 0.119 e. The Balaban J connectivity index is 4.13. The zero-order chi connectivity index (χ0) is 34.9. The van der Waals surface area contributed by atoms with E-state index in [9.17, 15) is 4.79 Å². The fraction of sp³-hybridized carbons (Fsp3) is 0.978. The molecule has 0 aromatic carbocycles. The van der Waals surface area contributed by atoms with Gasteiger partial charge in [-0.15, -0.1) is 0 Å². The van der Waals surface area contributed by atoms with E-state index in [0.717, 1.165) is 25.0 Å². The normalized spacial score (nSPS) is 11.8. The smallest absolute Gasteiger partial charge is 0.119 e. The summed E-state index contributed by atoms with van der Waals surface area (Å²) in [5.74, 6) is 1.00. The van der Waals surface area contributed by atoms with Crippen molar-refractivity contribution in [1.82, 2.24) is 4.90 Å². The van der Waals surface area contributed by atoms with Gasteiger partial charge < -0.3 is 9.69 Å². The van der Waals surface area contributed by atoms with Crippen LogP contribution in [0.1, 0.15) is 265 Å². The molecular formula is C46H93NO. The lowest BCUT2D eigenvalue weighted by Crippen LogP contribution is -2.27. The molecule has 2 nitrogen and oxygen atoms in total. The molecule has 0 aromatic rings. The molecular weight excluding hydrogens is 583 g/mol. The minimum Gasteiger partial charge on any atom is -0.303 e. The lowest BCUT2D eigenvalue weighted by atomic mass is 9.89. The molecule has 0 aliphatic rings. The van der Waals surface area contributed by atoms with Crippen LogP contribution in [0.4, 0.5) is 0 Å². The first-order valence-corrected chi connectivity index (χ1v) is 22.9. The molecule has 0 aliphatic heterocycles. The number of hydrogen-bond acceptors (Lipinski definition) is 2. The second-order valence-electron chi connectivity index (χ2n) is 16.0. The number of aldehydes is 1. The highest BCUT2D eigenvalue weighted by atomic mass is 16.1. The third kappa shape index (κ3) is 38.4. The van der Waals surface area contributed by atoms with Crippen LogP contribution in [0.2, 0.25) is 0 Å². The van der Waals surface area contributed by atoms with Crippen molar-refractivity contribution in [3.63, 3.8) is 0 Å². The summed E-state index contributed by atoms with van der Waals surface area (Å²) in [7, 11) is 0. The zero-order valence-corrected chi connectivity index (χ0v) is 34.0. The number of carbonyl (C=O) groups is 1. The van der Waals surface area contributed by atoms with Crippen molar-refractivity contribution in [2.45, 2.75) is 265 Å². The summed E-state index contributed by atoms with van der Waals surface area (Å²) < 4.78 is 0. The molecule has 0 saturated carbocycles. The molecule has 288 valence electrons. The van der Waals surface area contributed by atoms with Crippen LogP contribution in [-0.4, -0.2) is 30.8 Å². The Morgan fingerprint density at radius 3 is 0.875 bits per heavy atom. The van der Waals surface area contributed by atoms with Gasteiger partial charge in [0, 0.05) is 6.42 Å². The van der Waals surface area contributed by atoms with Crippen molar-refractivity contribution < 1.29 is 4.79 Å². The topological polar surface area (TPSA) is 20.3 Å². The van der Waals surface area contributed by atoms with Crippen molar-refractivity contribution in [1.29, 1.82) is 0 Å². The molecule has 0 spiro atoms. The van der Waals surface area contributed by atoms with Gasteiger partial charge in [-0.05, 0) is 51.2 Å². The lowest BCUT2D eigenvalue weighted by molar-refractivity contribution is -0.107. The van der Waals surface area contributed by atoms with Gasteiger partial charge in [-0.1, -0.05) is 233 Å². The summed E-state index contributed by atoms with van der Waals surface area (Å²) in [6.45, 7) is 10.8. The zero-order valence-electron chi connectivity index (χ0n) is 34.0. The third-order valence-corrected chi connectivity index (χ3v) is 11.1. The number of hydrogen-bond donors (Lipinski definition) is 0. The van der Waals surface area contributed by atoms with E-state index in [1.165, 1.54) is 251 Å². The molecule has 0 aromatic heterocycles. The minimum absolute atomic E-state index is 0.748. The molecule has 0 unspecified atom stereocenters. The first-order valence-electron chi connectivity index (χ1n) is 22.9. The Morgan fingerprint density at radius 2 is 0.583 bits per heavy atom. The Morgan fingerprint density at radius 1 is 0.333 bits per heavy atom. The molecule has 0 N–H and O–H groups in total. The summed E-state index contributed by atoms with van der Waals surface area (Å²) in [5.41, 5.74) is 0. The molecule has 0 amide bonds. The van der Waals surface area contributed by atoms with Gasteiger partial charge in [-0.3, -0.25) is 0 Å². The summed E-state index contributed by atoms with van der Waals surface area (Å²) in [5, 5.41) is 0. The minimum atomic E-state index is 0.748. The van der Waals surface area contributed by atoms with Crippen LogP contribution >= 0.6 is 0 Å². The molecule has 0 radical (unpaired) electrons. The molecule has 48 heavy (non-hydrogen) atoms. The molecule has 0 bridgehead atoms. The van der Waals surface area contributed by atoms with Crippen LogP contribution in [0.3, 0.4) is 0 Å². The van der Waals surface area contributed by atoms with E-state index in [2.05, 4.69) is 25.7 Å². The average molecular weight is 676 g/mol. The SMILES string of the molecule is CCCCCCCCCCCCCCCCN(CCCCCC=O)CCCCCCCC(CCCCCCCC)CCCCCCCC. The first kappa shape index (κ1) is 47.6. The fourth-order valence-electron chi connectivity index (χ4n) is 7.76. The largest absolute Gasteiger partial charge is 0.303 e. The van der Waals surface area contributed by atoms with Crippen LogP contribution in [0.5, 0.6) is 0 Å². The highest BCUT2D eigenvalue weighted by Crippen LogP contribution is 2.25. The van der Waals surface area contributed by atoms with Gasteiger partial charge in [0.05, 0.1) is 0 Å². The Kier molecular flexibility index (Phi) is 42.5. The van der Waals surface area contributed by atoms with E-state index in [4.69, 9.17) is 0 Å². The van der Waals surface area contributed by atoms with Crippen molar-refractivity contribution in [2.75, 3.05) is 19.6 Å². The maximum atomic E-state index is 10.7. The van der Waals surface area contributed by atoms with Gasteiger partial charge in [-0.25, -0.2) is 0 Å². The second-order valence-corrected chi connectivity index (χ2v) is 16.0. The number of unbranched alkanes of at least 4 members (excludes halogenated alkanes) is 30. The molecule has 0 saturated heterocycles. The standard InChI is InChI=1S/C46H93NO/c1-4-7-10-13-16-17-18-19-20-21-22-23-28-35-42-47(44-37-30-31-38-45-48)43-36-29-24-27-34-41-46(39-32-25-14-11-8-5-2)40-33-26-15-12-9-6-3/h45-46H,4-44H2,1-3H3. The van der Waals surface area contributed by atoms with Crippen molar-refractivity contribution in [3.05, 3.63) is 0 Å². The second kappa shape index (κ2) is 42.8. The molecule has 0 aliphatic carbocycles. The van der Waals surface area contributed by atoms with E-state index >= 15 is 0 Å². The Bertz CT molecular complexity index is 560. The molecule has 0 rings (SSSR count). The van der Waals surface area contributed by atoms with Gasteiger partial charge in [0.2, 0.25) is 0 Å². The van der Waals surface area contributed by atoms with Crippen LogP contribution in [0, 0.1) is 5.92 Å². The molecule has 0 atom stereocenters. The van der Waals surface area contributed by atoms with Gasteiger partial charge in [0.15, 0.2) is 0 Å². The van der Waals surface area contributed by atoms with E-state index in [-0.39, 0.29) is 0 Å². The first-order chi connectivity index (χ1) is 23.8. The lowest BCUT2D eigenvalue weighted by Gasteiger charge is -2.22. The highest BCUT2D eigenvalue weighted by Gasteiger charge is 2.09. The number of nitrogens with zero attached hydrogens (tertiary/aromatic N) is 1. The van der Waals surface area contributed by atoms with Crippen molar-refractivity contribution in [2.24, 2.45) is 5.92 Å². The van der Waals surface area contributed by atoms with E-state index in [1.807, 2.05) is 0 Å². The maximum absolute atomic E-state index is 10.7. The summed E-state index contributed by atoms with van der Waals surface area (Å²) in [6, 6.07) is 0. The summed E-state index contributed by atoms with van der Waals surface area (Å²) in [6.07, 6.45) is 54.5. The summed E-state index contributed by atoms with van der Waals surface area (Å²) >= 11 is 0. The van der Waals surface area contributed by atoms with Crippen LogP contribution in [0.15, 0.2) is 0 Å². The predicted molar refractivity (Wildman–Crippen MR) is 218 cm³/mol. The third-order valence-electron chi connectivity index (χ3n) is 11.1. The molecule has 0 fully saturated rings. The monoisotopic (exact) mass is 676 g/mol. The molecule has 0 heterocycles.